The summed E-state index contributed by atoms with van der Waals surface area (Å²) in [5, 5.41) is 13.0. The van der Waals surface area contributed by atoms with Gasteiger partial charge in [-0.1, -0.05) is 127 Å². The van der Waals surface area contributed by atoms with Crippen molar-refractivity contribution < 1.29 is 0 Å². The zero-order valence-corrected chi connectivity index (χ0v) is 23.1. The highest BCUT2D eigenvalue weighted by atomic mass is 32.1. The van der Waals surface area contributed by atoms with Crippen LogP contribution in [0.15, 0.2) is 146 Å². The molecule has 1 heteroatoms. The zero-order chi connectivity index (χ0) is 26.9. The lowest BCUT2D eigenvalue weighted by Gasteiger charge is -2.19. The molecule has 0 aliphatic heterocycles. The third-order valence-corrected chi connectivity index (χ3v) is 9.77. The molecule has 0 saturated carbocycles. The van der Waals surface area contributed by atoms with Crippen LogP contribution in [0.5, 0.6) is 0 Å². The summed E-state index contributed by atoms with van der Waals surface area (Å²) in [6.45, 7) is 0. The highest BCUT2D eigenvalue weighted by Gasteiger charge is 2.19. The molecule has 1 aromatic heterocycles. The fourth-order valence-electron chi connectivity index (χ4n) is 6.87. The smallest absolute Gasteiger partial charge is 0.0361 e. The van der Waals surface area contributed by atoms with Crippen LogP contribution in [0.1, 0.15) is 0 Å². The van der Waals surface area contributed by atoms with Gasteiger partial charge in [0.2, 0.25) is 0 Å². The Morgan fingerprint density at radius 2 is 0.951 bits per heavy atom. The summed E-state index contributed by atoms with van der Waals surface area (Å²) >= 11 is 1.88. The van der Waals surface area contributed by atoms with E-state index in [1.165, 1.54) is 85.5 Å². The van der Waals surface area contributed by atoms with Crippen LogP contribution in [0.25, 0.3) is 85.5 Å². The molecular formula is C40H24S. The first-order chi connectivity index (χ1) is 20.3. The second kappa shape index (κ2) is 8.76. The standard InChI is InChI=1S/C40H24S/c1-2-11-26-24-27(21-20-25(26)10-1)38-31-12-3-5-14-33(31)39(34-15-6-4-13-32(34)38)29-17-9-18-30-28(29)22-23-37-40(30)35-16-7-8-19-36(35)41-37/h1-24H. The van der Waals surface area contributed by atoms with E-state index in [9.17, 15) is 0 Å². The lowest BCUT2D eigenvalue weighted by atomic mass is 9.84. The van der Waals surface area contributed by atoms with Gasteiger partial charge in [-0.2, -0.15) is 0 Å². The van der Waals surface area contributed by atoms with Gasteiger partial charge in [0.15, 0.2) is 0 Å². The number of benzene rings is 8. The SMILES string of the molecule is c1ccc2cc(-c3c4ccccc4c(-c4cccc5c4ccc4sc6ccccc6c45)c4ccccc34)ccc2c1. The Kier molecular flexibility index (Phi) is 4.87. The molecule has 0 fully saturated rings. The summed E-state index contributed by atoms with van der Waals surface area (Å²) in [4.78, 5) is 0. The van der Waals surface area contributed by atoms with Crippen molar-refractivity contribution in [1.29, 1.82) is 0 Å². The van der Waals surface area contributed by atoms with Gasteiger partial charge in [-0.25, -0.2) is 0 Å². The molecule has 0 aliphatic carbocycles. The van der Waals surface area contributed by atoms with Crippen molar-refractivity contribution in [2.45, 2.75) is 0 Å². The van der Waals surface area contributed by atoms with Crippen LogP contribution in [-0.4, -0.2) is 0 Å². The van der Waals surface area contributed by atoms with Gasteiger partial charge in [-0.3, -0.25) is 0 Å². The summed E-state index contributed by atoms with van der Waals surface area (Å²) in [7, 11) is 0. The minimum absolute atomic E-state index is 1.26. The van der Waals surface area contributed by atoms with Crippen LogP contribution in [0, 0.1) is 0 Å². The van der Waals surface area contributed by atoms with Gasteiger partial charge in [0.1, 0.15) is 0 Å². The number of rotatable bonds is 2. The molecule has 190 valence electrons. The first-order valence-corrected chi connectivity index (χ1v) is 14.9. The maximum atomic E-state index is 2.35. The number of hydrogen-bond acceptors (Lipinski definition) is 1. The fraction of sp³-hybridized carbons (Fsp3) is 0. The van der Waals surface area contributed by atoms with Gasteiger partial charge < -0.3 is 0 Å². The van der Waals surface area contributed by atoms with Crippen molar-refractivity contribution in [1.82, 2.24) is 0 Å². The summed E-state index contributed by atoms with van der Waals surface area (Å²) < 4.78 is 2.69. The molecule has 0 radical (unpaired) electrons. The molecule has 0 atom stereocenters. The molecule has 0 unspecified atom stereocenters. The van der Waals surface area contributed by atoms with Crippen molar-refractivity contribution in [3.05, 3.63) is 146 Å². The van der Waals surface area contributed by atoms with E-state index in [-0.39, 0.29) is 0 Å². The second-order valence-corrected chi connectivity index (χ2v) is 11.9. The van der Waals surface area contributed by atoms with Gasteiger partial charge in [0.25, 0.3) is 0 Å². The van der Waals surface area contributed by atoms with Crippen molar-refractivity contribution in [2.24, 2.45) is 0 Å². The molecule has 0 aliphatic rings. The molecule has 0 bridgehead atoms. The number of fused-ring (bicyclic) bond motifs is 8. The van der Waals surface area contributed by atoms with Crippen LogP contribution in [0.2, 0.25) is 0 Å². The minimum Gasteiger partial charge on any atom is -0.135 e. The lowest BCUT2D eigenvalue weighted by molar-refractivity contribution is 1.69. The molecular weight excluding hydrogens is 513 g/mol. The van der Waals surface area contributed by atoms with E-state index < -0.39 is 0 Å². The van der Waals surface area contributed by atoms with E-state index in [2.05, 4.69) is 146 Å². The zero-order valence-electron chi connectivity index (χ0n) is 22.3. The highest BCUT2D eigenvalue weighted by Crippen LogP contribution is 2.47. The predicted octanol–water partition coefficient (Wildman–Crippen LogP) is 12.0. The normalized spacial score (nSPS) is 11.9. The average molecular weight is 537 g/mol. The predicted molar refractivity (Wildman–Crippen MR) is 180 cm³/mol. The molecule has 41 heavy (non-hydrogen) atoms. The van der Waals surface area contributed by atoms with Crippen LogP contribution in [0.3, 0.4) is 0 Å². The first-order valence-electron chi connectivity index (χ1n) is 14.1. The summed E-state index contributed by atoms with van der Waals surface area (Å²) in [5.74, 6) is 0. The summed E-state index contributed by atoms with van der Waals surface area (Å²) in [6, 6.07) is 53.7. The molecule has 9 rings (SSSR count). The average Bonchev–Trinajstić information content (AvgIpc) is 3.42. The quantitative estimate of drug-likeness (QED) is 0.193. The Labute approximate surface area is 241 Å². The summed E-state index contributed by atoms with van der Waals surface area (Å²) in [5.41, 5.74) is 5.16. The van der Waals surface area contributed by atoms with Crippen molar-refractivity contribution in [3.8, 4) is 22.3 Å². The van der Waals surface area contributed by atoms with E-state index in [0.717, 1.165) is 0 Å². The molecule has 0 spiro atoms. The summed E-state index contributed by atoms with van der Waals surface area (Å²) in [6.07, 6.45) is 0. The van der Waals surface area contributed by atoms with E-state index in [1.807, 2.05) is 11.3 Å². The Balaban J connectivity index is 1.42. The maximum absolute atomic E-state index is 2.35. The van der Waals surface area contributed by atoms with Gasteiger partial charge in [0, 0.05) is 20.2 Å². The van der Waals surface area contributed by atoms with E-state index in [4.69, 9.17) is 0 Å². The van der Waals surface area contributed by atoms with Crippen LogP contribution in [-0.2, 0) is 0 Å². The third-order valence-electron chi connectivity index (χ3n) is 8.64. The Hall–Kier alpha value is -4.98. The Morgan fingerprint density at radius 3 is 1.71 bits per heavy atom. The van der Waals surface area contributed by atoms with Crippen molar-refractivity contribution in [2.75, 3.05) is 0 Å². The monoisotopic (exact) mass is 536 g/mol. The molecule has 0 amide bonds. The Bertz CT molecular complexity index is 2420. The topological polar surface area (TPSA) is 0 Å². The van der Waals surface area contributed by atoms with Crippen molar-refractivity contribution >= 4 is 74.6 Å². The minimum atomic E-state index is 1.26. The first kappa shape index (κ1) is 22.8. The second-order valence-electron chi connectivity index (χ2n) is 10.8. The molecule has 0 saturated heterocycles. The van der Waals surface area contributed by atoms with Gasteiger partial charge in [-0.05, 0) is 83.5 Å². The van der Waals surface area contributed by atoms with Crippen molar-refractivity contribution in [3.63, 3.8) is 0 Å². The third kappa shape index (κ3) is 3.33. The number of hydrogen-bond donors (Lipinski definition) is 0. The molecule has 0 nitrogen and oxygen atoms in total. The van der Waals surface area contributed by atoms with E-state index >= 15 is 0 Å². The van der Waals surface area contributed by atoms with Gasteiger partial charge >= 0.3 is 0 Å². The van der Waals surface area contributed by atoms with Gasteiger partial charge in [-0.15, -0.1) is 11.3 Å². The molecule has 9 aromatic rings. The van der Waals surface area contributed by atoms with Gasteiger partial charge in [0.05, 0.1) is 0 Å². The molecule has 8 aromatic carbocycles. The van der Waals surface area contributed by atoms with Crippen LogP contribution < -0.4 is 0 Å². The Morgan fingerprint density at radius 1 is 0.341 bits per heavy atom. The maximum Gasteiger partial charge on any atom is 0.0361 e. The van der Waals surface area contributed by atoms with Crippen LogP contribution in [0.4, 0.5) is 0 Å². The van der Waals surface area contributed by atoms with E-state index in [1.54, 1.807) is 0 Å². The largest absolute Gasteiger partial charge is 0.135 e. The van der Waals surface area contributed by atoms with Crippen LogP contribution >= 0.6 is 11.3 Å². The molecule has 0 N–H and O–H groups in total. The fourth-order valence-corrected chi connectivity index (χ4v) is 8.00. The number of thiophene rings is 1. The lowest BCUT2D eigenvalue weighted by Crippen LogP contribution is -1.91. The van der Waals surface area contributed by atoms with E-state index in [0.29, 0.717) is 0 Å². The highest BCUT2D eigenvalue weighted by molar-refractivity contribution is 7.26. The molecule has 1 heterocycles.